The maximum Gasteiger partial charge on any atom is 0.229 e. The quantitative estimate of drug-likeness (QED) is 0.657. The second-order valence-corrected chi connectivity index (χ2v) is 6.66. The van der Waals surface area contributed by atoms with Crippen LogP contribution in [0.4, 0.5) is 11.9 Å². The first kappa shape index (κ1) is 19.3. The molecule has 0 aliphatic carbocycles. The van der Waals surface area contributed by atoms with Gasteiger partial charge in [0.25, 0.3) is 0 Å². The second kappa shape index (κ2) is 8.94. The van der Waals surface area contributed by atoms with E-state index >= 15 is 0 Å². The van der Waals surface area contributed by atoms with Gasteiger partial charge >= 0.3 is 0 Å². The van der Waals surface area contributed by atoms with Gasteiger partial charge in [0.1, 0.15) is 0 Å². The number of hydrogen-bond acceptors (Lipinski definition) is 6. The molecule has 0 aliphatic rings. The van der Waals surface area contributed by atoms with Gasteiger partial charge in [-0.15, -0.1) is 0 Å². The molecule has 3 N–H and O–H groups in total. The van der Waals surface area contributed by atoms with E-state index in [2.05, 4.69) is 20.3 Å². The molecule has 0 spiro atoms. The summed E-state index contributed by atoms with van der Waals surface area (Å²) in [5.74, 6) is 0.921. The first-order valence-electron chi connectivity index (χ1n) is 9.07. The highest BCUT2D eigenvalue weighted by Gasteiger charge is 2.18. The molecule has 0 saturated heterocycles. The van der Waals surface area contributed by atoms with Crippen LogP contribution in [0.5, 0.6) is 0 Å². The maximum atomic E-state index is 12.7. The van der Waals surface area contributed by atoms with Crippen LogP contribution < -0.4 is 16.0 Å². The van der Waals surface area contributed by atoms with Crippen LogP contribution in [0, 0.1) is 0 Å². The second-order valence-electron chi connectivity index (χ2n) is 6.66. The Balaban J connectivity index is 1.71. The lowest BCUT2D eigenvalue weighted by molar-refractivity contribution is -0.121. The van der Waals surface area contributed by atoms with Crippen LogP contribution in [-0.4, -0.2) is 35.0 Å². The molecule has 0 bridgehead atoms. The molecule has 3 rings (SSSR count). The van der Waals surface area contributed by atoms with E-state index < -0.39 is 0 Å². The smallest absolute Gasteiger partial charge is 0.229 e. The summed E-state index contributed by atoms with van der Waals surface area (Å²) in [5.41, 5.74) is 7.94. The van der Waals surface area contributed by atoms with Gasteiger partial charge in [-0.25, -0.2) is 0 Å². The van der Waals surface area contributed by atoms with Gasteiger partial charge in [-0.05, 0) is 11.1 Å². The van der Waals surface area contributed by atoms with Gasteiger partial charge in [0.05, 0.1) is 6.54 Å². The highest BCUT2D eigenvalue weighted by Crippen LogP contribution is 2.27. The summed E-state index contributed by atoms with van der Waals surface area (Å²) >= 11 is 0. The fourth-order valence-corrected chi connectivity index (χ4v) is 2.94. The lowest BCUT2D eigenvalue weighted by Crippen LogP contribution is -2.27. The van der Waals surface area contributed by atoms with Crippen LogP contribution in [0.3, 0.4) is 0 Å². The summed E-state index contributed by atoms with van der Waals surface area (Å²) in [5, 5.41) is 2.90. The minimum atomic E-state index is -0.0805. The third-order valence-corrected chi connectivity index (χ3v) is 4.32. The van der Waals surface area contributed by atoms with E-state index in [9.17, 15) is 4.79 Å². The molecule has 7 nitrogen and oxygen atoms in total. The molecule has 0 saturated carbocycles. The Labute approximate surface area is 164 Å². The molecule has 1 aromatic heterocycles. The number of amides is 1. The van der Waals surface area contributed by atoms with Crippen LogP contribution in [0.2, 0.25) is 0 Å². The lowest BCUT2D eigenvalue weighted by atomic mass is 9.88. The largest absolute Gasteiger partial charge is 0.368 e. The molecule has 0 aliphatic heterocycles. The van der Waals surface area contributed by atoms with Crippen molar-refractivity contribution in [2.75, 3.05) is 24.7 Å². The van der Waals surface area contributed by atoms with Gasteiger partial charge < -0.3 is 16.0 Å². The first-order chi connectivity index (χ1) is 13.5. The SMILES string of the molecule is CN(C)c1nc(N)nc(CNC(=O)CC(c2ccccc2)c2ccccc2)n1. The van der Waals surface area contributed by atoms with E-state index in [0.29, 0.717) is 18.2 Å². The molecule has 2 aromatic carbocycles. The number of rotatable bonds is 7. The summed E-state index contributed by atoms with van der Waals surface area (Å²) in [7, 11) is 3.64. The van der Waals surface area contributed by atoms with E-state index in [0.717, 1.165) is 11.1 Å². The summed E-state index contributed by atoms with van der Waals surface area (Å²) in [6.07, 6.45) is 0.329. The first-order valence-corrected chi connectivity index (χ1v) is 9.07. The van der Waals surface area contributed by atoms with Gasteiger partial charge in [-0.2, -0.15) is 15.0 Å². The highest BCUT2D eigenvalue weighted by atomic mass is 16.1. The summed E-state index contributed by atoms with van der Waals surface area (Å²) in [6.45, 7) is 0.197. The molecule has 28 heavy (non-hydrogen) atoms. The zero-order valence-electron chi connectivity index (χ0n) is 16.0. The molecule has 0 radical (unpaired) electrons. The Bertz CT molecular complexity index is 875. The van der Waals surface area contributed by atoms with Crippen LogP contribution in [0.1, 0.15) is 29.3 Å². The van der Waals surface area contributed by atoms with Crippen LogP contribution in [-0.2, 0) is 11.3 Å². The van der Waals surface area contributed by atoms with Gasteiger partial charge in [0, 0.05) is 26.4 Å². The van der Waals surface area contributed by atoms with Gasteiger partial charge in [0.2, 0.25) is 17.8 Å². The molecule has 144 valence electrons. The molecule has 0 atom stereocenters. The number of hydrogen-bond donors (Lipinski definition) is 2. The molecule has 0 unspecified atom stereocenters. The normalized spacial score (nSPS) is 10.7. The summed E-state index contributed by atoms with van der Waals surface area (Å²) in [4.78, 5) is 26.9. The van der Waals surface area contributed by atoms with Gasteiger partial charge in [-0.1, -0.05) is 60.7 Å². The van der Waals surface area contributed by atoms with Crippen LogP contribution in [0.25, 0.3) is 0 Å². The fraction of sp³-hybridized carbons (Fsp3) is 0.238. The average Bonchev–Trinajstić information content (AvgIpc) is 2.71. The molecule has 1 amide bonds. The Morgan fingerprint density at radius 1 is 0.964 bits per heavy atom. The fourth-order valence-electron chi connectivity index (χ4n) is 2.94. The Kier molecular flexibility index (Phi) is 6.16. The topological polar surface area (TPSA) is 97.0 Å². The number of benzene rings is 2. The summed E-state index contributed by atoms with van der Waals surface area (Å²) in [6, 6.07) is 20.1. The number of aromatic nitrogens is 3. The van der Waals surface area contributed by atoms with Crippen molar-refractivity contribution in [3.8, 4) is 0 Å². The van der Waals surface area contributed by atoms with Gasteiger partial charge in [-0.3, -0.25) is 4.79 Å². The predicted octanol–water partition coefficient (Wildman–Crippen LogP) is 2.36. The summed E-state index contributed by atoms with van der Waals surface area (Å²) < 4.78 is 0. The minimum Gasteiger partial charge on any atom is -0.368 e. The van der Waals surface area contributed by atoms with Crippen molar-refractivity contribution in [1.82, 2.24) is 20.3 Å². The van der Waals surface area contributed by atoms with E-state index in [4.69, 9.17) is 5.73 Å². The molecule has 0 fully saturated rings. The van der Waals surface area contributed by atoms with Crippen molar-refractivity contribution in [3.63, 3.8) is 0 Å². The average molecular weight is 376 g/mol. The van der Waals surface area contributed by atoms with Crippen molar-refractivity contribution in [3.05, 3.63) is 77.6 Å². The van der Waals surface area contributed by atoms with Crippen molar-refractivity contribution in [1.29, 1.82) is 0 Å². The van der Waals surface area contributed by atoms with E-state index in [1.54, 1.807) is 4.90 Å². The number of nitrogens with zero attached hydrogens (tertiary/aromatic N) is 4. The number of nitrogens with one attached hydrogen (secondary N) is 1. The van der Waals surface area contributed by atoms with Crippen molar-refractivity contribution >= 4 is 17.8 Å². The molecular weight excluding hydrogens is 352 g/mol. The van der Waals surface area contributed by atoms with Crippen molar-refractivity contribution in [2.45, 2.75) is 18.9 Å². The van der Waals surface area contributed by atoms with E-state index in [1.807, 2.05) is 74.8 Å². The predicted molar refractivity (Wildman–Crippen MR) is 110 cm³/mol. The zero-order chi connectivity index (χ0) is 19.9. The Morgan fingerprint density at radius 3 is 2.07 bits per heavy atom. The lowest BCUT2D eigenvalue weighted by Gasteiger charge is -2.18. The molecule has 7 heteroatoms. The monoisotopic (exact) mass is 376 g/mol. The zero-order valence-corrected chi connectivity index (χ0v) is 16.0. The number of nitrogens with two attached hydrogens (primary N) is 1. The highest BCUT2D eigenvalue weighted by molar-refractivity contribution is 5.77. The third kappa shape index (κ3) is 5.03. The van der Waals surface area contributed by atoms with Crippen molar-refractivity contribution < 1.29 is 4.79 Å². The van der Waals surface area contributed by atoms with E-state index in [1.165, 1.54) is 0 Å². The maximum absolute atomic E-state index is 12.7. The van der Waals surface area contributed by atoms with Crippen LogP contribution >= 0.6 is 0 Å². The molecule has 3 aromatic rings. The van der Waals surface area contributed by atoms with E-state index in [-0.39, 0.29) is 24.3 Å². The Morgan fingerprint density at radius 2 is 1.54 bits per heavy atom. The van der Waals surface area contributed by atoms with Crippen molar-refractivity contribution in [2.24, 2.45) is 0 Å². The molecular formula is C21H24N6O. The van der Waals surface area contributed by atoms with Crippen LogP contribution in [0.15, 0.2) is 60.7 Å². The number of carbonyl (C=O) groups excluding carboxylic acids is 1. The standard InChI is InChI=1S/C21H24N6O/c1-27(2)21-25-18(24-20(22)26-21)14-23-19(28)13-17(15-9-5-3-6-10-15)16-11-7-4-8-12-16/h3-12,17H,13-14H2,1-2H3,(H,23,28)(H2,22,24,25,26). The molecule has 1 heterocycles. The minimum absolute atomic E-state index is 0.0248. The number of carbonyl (C=O) groups is 1. The third-order valence-electron chi connectivity index (χ3n) is 4.32. The van der Waals surface area contributed by atoms with Gasteiger partial charge in [0.15, 0.2) is 5.82 Å². The number of anilines is 2. The number of nitrogen functional groups attached to an aromatic ring is 1. The Hall–Kier alpha value is -3.48.